The number of nitrogens with zero attached hydrogens (tertiary/aromatic N) is 1. The minimum atomic E-state index is -2.67. The van der Waals surface area contributed by atoms with Crippen molar-refractivity contribution in [1.82, 2.24) is 0 Å². The van der Waals surface area contributed by atoms with Gasteiger partial charge in [-0.15, -0.1) is 0 Å². The number of hydrogen-bond acceptors (Lipinski definition) is 5. The average Bonchev–Trinajstić information content (AvgIpc) is 2.15. The molecule has 1 aromatic carbocycles. The fourth-order valence-electron chi connectivity index (χ4n) is 0.818. The molecule has 0 heterocycles. The molecule has 0 aromatic heterocycles. The fraction of sp³-hybridized carbons (Fsp3) is 0.300. The van der Waals surface area contributed by atoms with Gasteiger partial charge in [0.2, 0.25) is 0 Å². The molecule has 1 aromatic rings. The molecule has 0 atom stereocenters. The van der Waals surface area contributed by atoms with Crippen LogP contribution in [0.5, 0.6) is 0 Å². The van der Waals surface area contributed by atoms with Crippen LogP contribution >= 0.6 is 0 Å². The first-order valence-corrected chi connectivity index (χ1v) is 6.81. The number of carbonyl (C=O) groups excluding carboxylic acids is 1. The van der Waals surface area contributed by atoms with E-state index in [0.717, 1.165) is 12.5 Å². The zero-order valence-corrected chi connectivity index (χ0v) is 10.5. The standard InChI is InChI=1S/C8H7NO3.C2H6O2S/c1-6(10)7-2-4-8(5-3-7)9(11)12;1-5(2,3)4/h2-5H,1H3;1-2H3. The van der Waals surface area contributed by atoms with Crippen LogP contribution in [0.25, 0.3) is 0 Å². The second-order valence-corrected chi connectivity index (χ2v) is 5.79. The highest BCUT2D eigenvalue weighted by atomic mass is 32.2. The highest BCUT2D eigenvalue weighted by Crippen LogP contribution is 2.11. The van der Waals surface area contributed by atoms with Crippen LogP contribution in [0.2, 0.25) is 0 Å². The van der Waals surface area contributed by atoms with E-state index in [-0.39, 0.29) is 11.5 Å². The molecular weight excluding hydrogens is 246 g/mol. The summed E-state index contributed by atoms with van der Waals surface area (Å²) in [4.78, 5) is 20.5. The number of nitro groups is 1. The summed E-state index contributed by atoms with van der Waals surface area (Å²) in [5.41, 5.74) is 0.487. The van der Waals surface area contributed by atoms with E-state index in [4.69, 9.17) is 0 Å². The maximum absolute atomic E-state index is 10.8. The van der Waals surface area contributed by atoms with Crippen molar-refractivity contribution in [3.05, 3.63) is 39.9 Å². The van der Waals surface area contributed by atoms with Gasteiger partial charge in [-0.05, 0) is 19.1 Å². The van der Waals surface area contributed by atoms with Gasteiger partial charge in [-0.1, -0.05) is 0 Å². The van der Waals surface area contributed by atoms with E-state index in [0.29, 0.717) is 5.56 Å². The molecule has 0 radical (unpaired) electrons. The van der Waals surface area contributed by atoms with Gasteiger partial charge in [0.1, 0.15) is 9.84 Å². The number of nitro benzene ring substituents is 1. The molecule has 1 rings (SSSR count). The normalized spacial score (nSPS) is 10.1. The number of carbonyl (C=O) groups is 1. The number of Topliss-reactive ketones (excluding diaryl/α,β-unsaturated/α-hetero) is 1. The Bertz CT molecular complexity index is 463. The maximum Gasteiger partial charge on any atom is 0.269 e. The third-order valence-corrected chi connectivity index (χ3v) is 1.48. The van der Waals surface area contributed by atoms with Crippen molar-refractivity contribution < 1.29 is 18.1 Å². The van der Waals surface area contributed by atoms with Crippen molar-refractivity contribution in [3.63, 3.8) is 0 Å². The Morgan fingerprint density at radius 3 is 1.76 bits per heavy atom. The van der Waals surface area contributed by atoms with Crippen molar-refractivity contribution in [2.24, 2.45) is 0 Å². The van der Waals surface area contributed by atoms with Crippen LogP contribution in [0, 0.1) is 10.1 Å². The second kappa shape index (κ2) is 6.09. The van der Waals surface area contributed by atoms with Gasteiger partial charge in [0.25, 0.3) is 5.69 Å². The topological polar surface area (TPSA) is 94.3 Å². The number of rotatable bonds is 2. The van der Waals surface area contributed by atoms with Gasteiger partial charge in [0.15, 0.2) is 5.78 Å². The van der Waals surface area contributed by atoms with E-state index >= 15 is 0 Å². The van der Waals surface area contributed by atoms with E-state index in [2.05, 4.69) is 0 Å². The van der Waals surface area contributed by atoms with Crippen LogP contribution in [0.3, 0.4) is 0 Å². The van der Waals surface area contributed by atoms with E-state index in [1.54, 1.807) is 0 Å². The first-order chi connectivity index (χ1) is 7.61. The molecule has 0 aliphatic heterocycles. The highest BCUT2D eigenvalue weighted by Gasteiger charge is 2.05. The molecule has 0 bridgehead atoms. The van der Waals surface area contributed by atoms with Crippen molar-refractivity contribution in [2.75, 3.05) is 12.5 Å². The van der Waals surface area contributed by atoms with Gasteiger partial charge in [0, 0.05) is 30.2 Å². The number of benzene rings is 1. The molecule has 0 saturated heterocycles. The first kappa shape index (κ1) is 15.2. The minimum Gasteiger partial charge on any atom is -0.295 e. The predicted molar refractivity (Wildman–Crippen MR) is 63.9 cm³/mol. The zero-order valence-electron chi connectivity index (χ0n) is 9.71. The predicted octanol–water partition coefficient (Wildman–Crippen LogP) is 1.46. The second-order valence-electron chi connectivity index (χ2n) is 3.50. The van der Waals surface area contributed by atoms with E-state index in [9.17, 15) is 23.3 Å². The lowest BCUT2D eigenvalue weighted by Crippen LogP contribution is -1.92. The third-order valence-electron chi connectivity index (χ3n) is 1.48. The van der Waals surface area contributed by atoms with Crippen LogP contribution < -0.4 is 0 Å². The molecule has 0 unspecified atom stereocenters. The molecule has 6 nitrogen and oxygen atoms in total. The number of sulfone groups is 1. The van der Waals surface area contributed by atoms with Crippen LogP contribution in [-0.4, -0.2) is 31.6 Å². The molecule has 0 aliphatic carbocycles. The quantitative estimate of drug-likeness (QED) is 0.455. The molecule has 0 N–H and O–H groups in total. The lowest BCUT2D eigenvalue weighted by Gasteiger charge is -1.93. The van der Waals surface area contributed by atoms with Gasteiger partial charge >= 0.3 is 0 Å². The molecular formula is C10H13NO5S. The summed E-state index contributed by atoms with van der Waals surface area (Å²) in [6, 6.07) is 5.52. The molecule has 94 valence electrons. The number of non-ortho nitro benzene ring substituents is 1. The Labute approximate surface area is 99.3 Å². The summed E-state index contributed by atoms with van der Waals surface area (Å²) in [7, 11) is -2.67. The molecule has 0 spiro atoms. The molecule has 0 fully saturated rings. The van der Waals surface area contributed by atoms with Crippen molar-refractivity contribution in [1.29, 1.82) is 0 Å². The Kier molecular flexibility index (Phi) is 5.46. The smallest absolute Gasteiger partial charge is 0.269 e. The Morgan fingerprint density at radius 1 is 1.18 bits per heavy atom. The molecule has 17 heavy (non-hydrogen) atoms. The van der Waals surface area contributed by atoms with Gasteiger partial charge in [-0.3, -0.25) is 14.9 Å². The van der Waals surface area contributed by atoms with E-state index in [1.807, 2.05) is 0 Å². The van der Waals surface area contributed by atoms with Crippen LogP contribution in [0.4, 0.5) is 5.69 Å². The van der Waals surface area contributed by atoms with Gasteiger partial charge in [-0.2, -0.15) is 0 Å². The molecule has 0 amide bonds. The number of hydrogen-bond donors (Lipinski definition) is 0. The zero-order chi connectivity index (χ0) is 13.6. The lowest BCUT2D eigenvalue weighted by atomic mass is 10.1. The lowest BCUT2D eigenvalue weighted by molar-refractivity contribution is -0.384. The van der Waals surface area contributed by atoms with Gasteiger partial charge < -0.3 is 0 Å². The third kappa shape index (κ3) is 8.09. The maximum atomic E-state index is 10.8. The van der Waals surface area contributed by atoms with E-state index in [1.165, 1.54) is 31.2 Å². The minimum absolute atomic E-state index is 0.000000000000000222. The van der Waals surface area contributed by atoms with Crippen LogP contribution in [0.15, 0.2) is 24.3 Å². The first-order valence-electron chi connectivity index (χ1n) is 4.51. The van der Waals surface area contributed by atoms with Gasteiger partial charge in [-0.25, -0.2) is 8.42 Å². The average molecular weight is 259 g/mol. The Morgan fingerprint density at radius 2 is 1.53 bits per heavy atom. The summed E-state index contributed by atoms with van der Waals surface area (Å²) >= 11 is 0. The SMILES string of the molecule is CC(=O)c1ccc([N+](=O)[O-])cc1.CS(C)(=O)=O. The summed E-state index contributed by atoms with van der Waals surface area (Å²) in [5.74, 6) is -0.0927. The van der Waals surface area contributed by atoms with Gasteiger partial charge in [0.05, 0.1) is 4.92 Å². The summed E-state index contributed by atoms with van der Waals surface area (Å²) < 4.78 is 19.3. The van der Waals surface area contributed by atoms with E-state index < -0.39 is 14.8 Å². The van der Waals surface area contributed by atoms with Crippen molar-refractivity contribution in [3.8, 4) is 0 Å². The molecule has 7 heteroatoms. The summed E-state index contributed by atoms with van der Waals surface area (Å²) in [5, 5.41) is 10.2. The largest absolute Gasteiger partial charge is 0.295 e. The summed E-state index contributed by atoms with van der Waals surface area (Å²) in [6.07, 6.45) is 2.32. The Balaban J connectivity index is 0.000000437. The van der Waals surface area contributed by atoms with Crippen LogP contribution in [0.1, 0.15) is 17.3 Å². The Hall–Kier alpha value is -1.76. The van der Waals surface area contributed by atoms with Crippen molar-refractivity contribution in [2.45, 2.75) is 6.92 Å². The van der Waals surface area contributed by atoms with Crippen molar-refractivity contribution >= 4 is 21.3 Å². The fourth-order valence-corrected chi connectivity index (χ4v) is 0.818. The monoisotopic (exact) mass is 259 g/mol. The molecule has 0 saturated carbocycles. The van der Waals surface area contributed by atoms with Crippen LogP contribution in [-0.2, 0) is 9.84 Å². The number of ketones is 1. The molecule has 0 aliphatic rings. The highest BCUT2D eigenvalue weighted by molar-refractivity contribution is 7.89. The summed E-state index contributed by atoms with van der Waals surface area (Å²) in [6.45, 7) is 1.42.